The number of ether oxygens (including phenoxy) is 1. The van der Waals surface area contributed by atoms with Crippen LogP contribution in [0.25, 0.3) is 0 Å². The summed E-state index contributed by atoms with van der Waals surface area (Å²) in [6.45, 7) is 6.87. The Hall–Kier alpha value is -1.56. The highest BCUT2D eigenvalue weighted by molar-refractivity contribution is 5.92. The van der Waals surface area contributed by atoms with E-state index in [0.29, 0.717) is 18.7 Å². The molecule has 110 valence electrons. The van der Waals surface area contributed by atoms with E-state index in [1.54, 1.807) is 6.92 Å². The van der Waals surface area contributed by atoms with Gasteiger partial charge in [0.2, 0.25) is 5.91 Å². The van der Waals surface area contributed by atoms with Crippen LogP contribution in [0.3, 0.4) is 0 Å². The van der Waals surface area contributed by atoms with Crippen LogP contribution in [0.4, 0.5) is 4.79 Å². The van der Waals surface area contributed by atoms with Crippen LogP contribution in [-0.4, -0.2) is 38.2 Å². The van der Waals surface area contributed by atoms with E-state index in [4.69, 9.17) is 10.5 Å². The van der Waals surface area contributed by atoms with E-state index in [9.17, 15) is 9.59 Å². The van der Waals surface area contributed by atoms with Gasteiger partial charge in [-0.2, -0.15) is 0 Å². The Balaban J connectivity index is 3.35. The maximum Gasteiger partial charge on any atom is 0.407 e. The summed E-state index contributed by atoms with van der Waals surface area (Å²) >= 11 is 0. The molecule has 0 aromatic heterocycles. The van der Waals surface area contributed by atoms with Crippen molar-refractivity contribution in [1.29, 1.82) is 0 Å². The van der Waals surface area contributed by atoms with Crippen molar-refractivity contribution in [1.82, 2.24) is 10.6 Å². The van der Waals surface area contributed by atoms with Crippen LogP contribution in [0.15, 0.2) is 12.2 Å². The monoisotopic (exact) mass is 271 g/mol. The van der Waals surface area contributed by atoms with E-state index in [-0.39, 0.29) is 19.1 Å². The molecule has 0 aliphatic rings. The fourth-order valence-corrected chi connectivity index (χ4v) is 1.32. The van der Waals surface area contributed by atoms with Crippen molar-refractivity contribution in [3.8, 4) is 0 Å². The van der Waals surface area contributed by atoms with Crippen molar-refractivity contribution in [3.05, 3.63) is 12.2 Å². The Morgan fingerprint density at radius 1 is 1.11 bits per heavy atom. The zero-order chi connectivity index (χ0) is 14.5. The lowest BCUT2D eigenvalue weighted by atomic mass is 10.2. The number of alkyl carbamates (subject to hydrolysis) is 1. The molecule has 0 aromatic rings. The van der Waals surface area contributed by atoms with E-state index in [1.807, 2.05) is 0 Å². The minimum absolute atomic E-state index is 0.151. The van der Waals surface area contributed by atoms with Gasteiger partial charge in [0.25, 0.3) is 0 Å². The first-order valence-corrected chi connectivity index (χ1v) is 6.62. The van der Waals surface area contributed by atoms with Gasteiger partial charge in [0.1, 0.15) is 6.61 Å². The molecule has 0 aliphatic carbocycles. The third-order valence-corrected chi connectivity index (χ3v) is 2.41. The van der Waals surface area contributed by atoms with Gasteiger partial charge in [0, 0.05) is 12.1 Å². The van der Waals surface area contributed by atoms with Crippen LogP contribution < -0.4 is 16.4 Å². The normalized spacial score (nSPS) is 9.79. The van der Waals surface area contributed by atoms with Gasteiger partial charge in [0.15, 0.2) is 0 Å². The Labute approximate surface area is 114 Å². The molecule has 0 fully saturated rings. The average molecular weight is 271 g/mol. The van der Waals surface area contributed by atoms with E-state index in [1.165, 1.54) is 0 Å². The largest absolute Gasteiger partial charge is 0.448 e. The number of hydrogen-bond donors (Lipinski definition) is 3. The number of amides is 2. The molecule has 19 heavy (non-hydrogen) atoms. The van der Waals surface area contributed by atoms with Gasteiger partial charge in [-0.25, -0.2) is 4.79 Å². The highest BCUT2D eigenvalue weighted by atomic mass is 16.5. The van der Waals surface area contributed by atoms with Crippen LogP contribution in [0.5, 0.6) is 0 Å². The minimum Gasteiger partial charge on any atom is -0.448 e. The van der Waals surface area contributed by atoms with Gasteiger partial charge < -0.3 is 21.1 Å². The number of carbonyl (C=O) groups excluding carboxylic acids is 2. The van der Waals surface area contributed by atoms with Crippen molar-refractivity contribution in [2.45, 2.75) is 32.6 Å². The molecule has 0 radical (unpaired) electrons. The third-order valence-electron chi connectivity index (χ3n) is 2.41. The van der Waals surface area contributed by atoms with Crippen LogP contribution in [0, 0.1) is 0 Å². The summed E-state index contributed by atoms with van der Waals surface area (Å²) in [7, 11) is 0. The maximum atomic E-state index is 11.2. The van der Waals surface area contributed by atoms with Crippen molar-refractivity contribution in [3.63, 3.8) is 0 Å². The average Bonchev–Trinajstić information content (AvgIpc) is 2.38. The Bertz CT molecular complexity index is 293. The summed E-state index contributed by atoms with van der Waals surface area (Å²) in [6, 6.07) is 0. The van der Waals surface area contributed by atoms with Crippen LogP contribution in [-0.2, 0) is 9.53 Å². The number of carbonyl (C=O) groups is 2. The van der Waals surface area contributed by atoms with Crippen molar-refractivity contribution in [2.24, 2.45) is 5.73 Å². The predicted molar refractivity (Wildman–Crippen MR) is 74.7 cm³/mol. The summed E-state index contributed by atoms with van der Waals surface area (Å²) in [4.78, 5) is 22.3. The van der Waals surface area contributed by atoms with Crippen LogP contribution >= 0.6 is 0 Å². The van der Waals surface area contributed by atoms with Gasteiger partial charge in [-0.3, -0.25) is 4.79 Å². The van der Waals surface area contributed by atoms with Crippen LogP contribution in [0.2, 0.25) is 0 Å². The first-order chi connectivity index (χ1) is 9.07. The molecule has 0 unspecified atom stereocenters. The molecule has 0 aliphatic heterocycles. The van der Waals surface area contributed by atoms with E-state index in [0.717, 1.165) is 25.7 Å². The van der Waals surface area contributed by atoms with Gasteiger partial charge in [-0.05, 0) is 26.3 Å². The van der Waals surface area contributed by atoms with E-state index in [2.05, 4.69) is 17.2 Å². The fraction of sp³-hybridized carbons (Fsp3) is 0.692. The van der Waals surface area contributed by atoms with E-state index >= 15 is 0 Å². The molecule has 0 spiro atoms. The zero-order valence-electron chi connectivity index (χ0n) is 11.7. The number of nitrogens with two attached hydrogens (primary N) is 1. The lowest BCUT2D eigenvalue weighted by Gasteiger charge is -2.08. The Morgan fingerprint density at radius 2 is 1.79 bits per heavy atom. The second-order valence-electron chi connectivity index (χ2n) is 4.30. The Kier molecular flexibility index (Phi) is 10.6. The lowest BCUT2D eigenvalue weighted by molar-refractivity contribution is -0.117. The highest BCUT2D eigenvalue weighted by Crippen LogP contribution is 1.96. The maximum absolute atomic E-state index is 11.2. The first-order valence-electron chi connectivity index (χ1n) is 6.62. The third kappa shape index (κ3) is 11.3. The number of unbranched alkanes of at least 4 members (excludes halogenated alkanes) is 3. The SMILES string of the molecule is C=C(C)C(=O)NCCOC(=O)NCCCCCCN. The number of hydrogen-bond acceptors (Lipinski definition) is 4. The second kappa shape index (κ2) is 11.5. The van der Waals surface area contributed by atoms with Gasteiger partial charge in [0.05, 0.1) is 6.54 Å². The molecule has 0 heterocycles. The summed E-state index contributed by atoms with van der Waals surface area (Å²) in [5.41, 5.74) is 5.81. The molecule has 6 nitrogen and oxygen atoms in total. The molecular weight excluding hydrogens is 246 g/mol. The molecule has 4 N–H and O–H groups in total. The highest BCUT2D eigenvalue weighted by Gasteiger charge is 2.03. The smallest absolute Gasteiger partial charge is 0.407 e. The molecule has 0 aromatic carbocycles. The Morgan fingerprint density at radius 3 is 2.42 bits per heavy atom. The van der Waals surface area contributed by atoms with Gasteiger partial charge in [-0.1, -0.05) is 19.4 Å². The second-order valence-corrected chi connectivity index (χ2v) is 4.30. The molecule has 0 saturated heterocycles. The van der Waals surface area contributed by atoms with E-state index < -0.39 is 6.09 Å². The topological polar surface area (TPSA) is 93.4 Å². The molecule has 2 amide bonds. The minimum atomic E-state index is -0.455. The fourth-order valence-electron chi connectivity index (χ4n) is 1.32. The number of nitrogens with one attached hydrogen (secondary N) is 2. The molecule has 6 heteroatoms. The molecule has 0 rings (SSSR count). The summed E-state index contributed by atoms with van der Waals surface area (Å²) < 4.78 is 4.89. The quantitative estimate of drug-likeness (QED) is 0.407. The lowest BCUT2D eigenvalue weighted by Crippen LogP contribution is -2.31. The van der Waals surface area contributed by atoms with Crippen molar-refractivity contribution in [2.75, 3.05) is 26.2 Å². The van der Waals surface area contributed by atoms with Crippen molar-refractivity contribution < 1.29 is 14.3 Å². The summed E-state index contributed by atoms with van der Waals surface area (Å²) in [6.07, 6.45) is 3.61. The first kappa shape index (κ1) is 17.4. The summed E-state index contributed by atoms with van der Waals surface area (Å²) in [5, 5.41) is 5.22. The number of rotatable bonds is 10. The molecular formula is C13H25N3O3. The predicted octanol–water partition coefficient (Wildman–Crippen LogP) is 0.924. The van der Waals surface area contributed by atoms with Crippen molar-refractivity contribution >= 4 is 12.0 Å². The molecule has 0 bridgehead atoms. The molecule has 0 saturated carbocycles. The van der Waals surface area contributed by atoms with Gasteiger partial charge in [-0.15, -0.1) is 0 Å². The standard InChI is InChI=1S/C13H25N3O3/c1-11(2)12(17)15-9-10-19-13(18)16-8-6-4-3-5-7-14/h1,3-10,14H2,2H3,(H,15,17)(H,16,18). The van der Waals surface area contributed by atoms with Gasteiger partial charge >= 0.3 is 6.09 Å². The summed E-state index contributed by atoms with van der Waals surface area (Å²) in [5.74, 6) is -0.232. The zero-order valence-corrected chi connectivity index (χ0v) is 11.7. The van der Waals surface area contributed by atoms with Crippen LogP contribution in [0.1, 0.15) is 32.6 Å². The molecule has 0 atom stereocenters.